The molecule has 2 saturated heterocycles. The fraction of sp³-hybridized carbons (Fsp3) is 0.619. The van der Waals surface area contributed by atoms with E-state index in [1.165, 1.54) is 5.56 Å². The van der Waals surface area contributed by atoms with Gasteiger partial charge in [-0.1, -0.05) is 43.7 Å². The van der Waals surface area contributed by atoms with Crippen LogP contribution in [0.4, 0.5) is 0 Å². The Hall–Kier alpha value is -1.49. The summed E-state index contributed by atoms with van der Waals surface area (Å²) >= 11 is 1.92. The molecule has 0 saturated carbocycles. The lowest BCUT2D eigenvalue weighted by Gasteiger charge is -2.44. The van der Waals surface area contributed by atoms with E-state index in [-0.39, 0.29) is 16.7 Å². The van der Waals surface area contributed by atoms with E-state index in [0.29, 0.717) is 12.8 Å². The zero-order valence-electron chi connectivity index (χ0n) is 15.8. The normalized spacial score (nSPS) is 19.1. The van der Waals surface area contributed by atoms with Gasteiger partial charge in [0.1, 0.15) is 0 Å². The van der Waals surface area contributed by atoms with Gasteiger partial charge in [0, 0.05) is 38.2 Å². The van der Waals surface area contributed by atoms with Crippen LogP contribution in [0.5, 0.6) is 0 Å². The van der Waals surface area contributed by atoms with Crippen molar-refractivity contribution >= 4 is 23.6 Å². The summed E-state index contributed by atoms with van der Waals surface area (Å²) in [6.07, 6.45) is 5.89. The number of nitrogens with zero attached hydrogens (tertiary/aromatic N) is 2. The molecule has 0 atom stereocenters. The number of rotatable bonds is 6. The van der Waals surface area contributed by atoms with Crippen molar-refractivity contribution in [1.82, 2.24) is 9.80 Å². The first kappa shape index (κ1) is 19.3. The van der Waals surface area contributed by atoms with Gasteiger partial charge in [0.05, 0.1) is 4.87 Å². The van der Waals surface area contributed by atoms with Gasteiger partial charge in [-0.05, 0) is 31.2 Å². The summed E-state index contributed by atoms with van der Waals surface area (Å²) in [7, 11) is 0. The third-order valence-electron chi connectivity index (χ3n) is 5.59. The Morgan fingerprint density at radius 3 is 2.46 bits per heavy atom. The molecule has 1 aromatic carbocycles. The zero-order valence-corrected chi connectivity index (χ0v) is 16.6. The number of aryl methyl sites for hydroxylation is 1. The van der Waals surface area contributed by atoms with Crippen LogP contribution in [-0.2, 0) is 16.0 Å². The number of benzene rings is 1. The van der Waals surface area contributed by atoms with Crippen LogP contribution in [0.1, 0.15) is 51.0 Å². The molecule has 142 valence electrons. The van der Waals surface area contributed by atoms with Crippen LogP contribution in [-0.4, -0.2) is 51.9 Å². The highest BCUT2D eigenvalue weighted by Gasteiger charge is 2.46. The summed E-state index contributed by atoms with van der Waals surface area (Å²) in [5.74, 6) is 1.57. The first-order valence-electron chi connectivity index (χ1n) is 9.91. The number of hydrogen-bond acceptors (Lipinski definition) is 3. The second-order valence-corrected chi connectivity index (χ2v) is 8.77. The predicted octanol–water partition coefficient (Wildman–Crippen LogP) is 3.70. The van der Waals surface area contributed by atoms with Crippen LogP contribution in [0.25, 0.3) is 0 Å². The van der Waals surface area contributed by atoms with Crippen LogP contribution in [0.15, 0.2) is 30.3 Å². The van der Waals surface area contributed by atoms with E-state index >= 15 is 0 Å². The van der Waals surface area contributed by atoms with Crippen molar-refractivity contribution in [3.63, 3.8) is 0 Å². The number of piperidine rings is 1. The van der Waals surface area contributed by atoms with Crippen molar-refractivity contribution < 1.29 is 9.59 Å². The maximum Gasteiger partial charge on any atom is 0.224 e. The summed E-state index contributed by atoms with van der Waals surface area (Å²) in [5.41, 5.74) is 1.22. The second kappa shape index (κ2) is 8.94. The van der Waals surface area contributed by atoms with Gasteiger partial charge in [-0.2, -0.15) is 0 Å². The van der Waals surface area contributed by atoms with Crippen molar-refractivity contribution in [1.29, 1.82) is 0 Å². The van der Waals surface area contributed by atoms with Crippen LogP contribution in [0.3, 0.4) is 0 Å². The molecule has 2 aliphatic rings. The maximum absolute atomic E-state index is 12.9. The Morgan fingerprint density at radius 1 is 1.04 bits per heavy atom. The van der Waals surface area contributed by atoms with E-state index < -0.39 is 0 Å². The molecule has 5 heteroatoms. The monoisotopic (exact) mass is 374 g/mol. The number of likely N-dealkylation sites (tertiary alicyclic amines) is 1. The number of carbonyl (C=O) groups is 2. The van der Waals surface area contributed by atoms with E-state index in [0.717, 1.165) is 57.5 Å². The molecular formula is C21H30N2O2S. The van der Waals surface area contributed by atoms with Gasteiger partial charge in [-0.15, -0.1) is 11.8 Å². The van der Waals surface area contributed by atoms with E-state index in [9.17, 15) is 9.59 Å². The number of thioether (sulfide) groups is 1. The van der Waals surface area contributed by atoms with Gasteiger partial charge in [-0.25, -0.2) is 0 Å². The molecule has 0 bridgehead atoms. The number of carbonyl (C=O) groups excluding carboxylic acids is 2. The molecule has 4 nitrogen and oxygen atoms in total. The minimum Gasteiger partial charge on any atom is -0.342 e. The van der Waals surface area contributed by atoms with E-state index in [1.807, 2.05) is 34.9 Å². The van der Waals surface area contributed by atoms with Gasteiger partial charge in [0.15, 0.2) is 0 Å². The van der Waals surface area contributed by atoms with Gasteiger partial charge in [-0.3, -0.25) is 9.59 Å². The fourth-order valence-electron chi connectivity index (χ4n) is 4.00. The molecule has 0 N–H and O–H groups in total. The smallest absolute Gasteiger partial charge is 0.224 e. The molecule has 2 fully saturated rings. The Balaban J connectivity index is 1.54. The van der Waals surface area contributed by atoms with Gasteiger partial charge in [0.2, 0.25) is 11.8 Å². The first-order chi connectivity index (χ1) is 12.6. The molecule has 2 heterocycles. The zero-order chi connectivity index (χ0) is 18.4. The van der Waals surface area contributed by atoms with Gasteiger partial charge >= 0.3 is 0 Å². The highest BCUT2D eigenvalue weighted by molar-refractivity contribution is 8.00. The Kier molecular flexibility index (Phi) is 6.63. The first-order valence-corrected chi connectivity index (χ1v) is 10.9. The lowest BCUT2D eigenvalue weighted by Crippen LogP contribution is -2.53. The van der Waals surface area contributed by atoms with E-state index in [4.69, 9.17) is 0 Å². The lowest BCUT2D eigenvalue weighted by molar-refractivity contribution is -0.137. The van der Waals surface area contributed by atoms with Crippen molar-refractivity contribution in [2.24, 2.45) is 0 Å². The Bertz CT molecular complexity index is 612. The van der Waals surface area contributed by atoms with Gasteiger partial charge in [0.25, 0.3) is 0 Å². The summed E-state index contributed by atoms with van der Waals surface area (Å²) in [4.78, 5) is 29.2. The van der Waals surface area contributed by atoms with Crippen molar-refractivity contribution in [2.45, 2.75) is 56.7 Å². The number of hydrogen-bond donors (Lipinski definition) is 0. The average molecular weight is 375 g/mol. The summed E-state index contributed by atoms with van der Waals surface area (Å²) < 4.78 is 0. The van der Waals surface area contributed by atoms with Crippen LogP contribution in [0, 0.1) is 0 Å². The largest absolute Gasteiger partial charge is 0.342 e. The fourth-order valence-corrected chi connectivity index (χ4v) is 5.47. The third kappa shape index (κ3) is 4.43. The number of unbranched alkanes of at least 4 members (excludes halogenated alkanes) is 1. The second-order valence-electron chi connectivity index (χ2n) is 7.31. The molecule has 2 amide bonds. The minimum absolute atomic E-state index is 0.0741. The molecule has 26 heavy (non-hydrogen) atoms. The van der Waals surface area contributed by atoms with Gasteiger partial charge < -0.3 is 9.80 Å². The molecule has 1 aromatic rings. The SMILES string of the molecule is CCCCC(=O)N1CCC2(CC1)SCCN2C(=O)CCc1ccccc1. The molecule has 2 aliphatic heterocycles. The molecule has 0 unspecified atom stereocenters. The van der Waals surface area contributed by atoms with Crippen molar-refractivity contribution in [3.8, 4) is 0 Å². The average Bonchev–Trinajstić information content (AvgIpc) is 3.08. The van der Waals surface area contributed by atoms with Crippen LogP contribution >= 0.6 is 11.8 Å². The van der Waals surface area contributed by atoms with E-state index in [1.54, 1.807) is 0 Å². The van der Waals surface area contributed by atoms with Crippen LogP contribution < -0.4 is 0 Å². The molecule has 0 radical (unpaired) electrons. The maximum atomic E-state index is 12.9. The number of amides is 2. The third-order valence-corrected chi connectivity index (χ3v) is 7.14. The lowest BCUT2D eigenvalue weighted by atomic mass is 10.0. The molecule has 3 rings (SSSR count). The molecule has 0 aromatic heterocycles. The predicted molar refractivity (Wildman–Crippen MR) is 107 cm³/mol. The highest BCUT2D eigenvalue weighted by Crippen LogP contribution is 2.44. The van der Waals surface area contributed by atoms with E-state index in [2.05, 4.69) is 24.0 Å². The van der Waals surface area contributed by atoms with Crippen molar-refractivity contribution in [3.05, 3.63) is 35.9 Å². The topological polar surface area (TPSA) is 40.6 Å². The molecular weight excluding hydrogens is 344 g/mol. The molecule has 0 aliphatic carbocycles. The van der Waals surface area contributed by atoms with Crippen LogP contribution in [0.2, 0.25) is 0 Å². The standard InChI is InChI=1S/C21H30N2O2S/c1-2-3-9-19(24)22-14-12-21(13-15-22)23(16-17-26-21)20(25)11-10-18-7-5-4-6-8-18/h4-8H,2-3,9-17H2,1H3. The molecule has 1 spiro atoms. The summed E-state index contributed by atoms with van der Waals surface area (Å²) in [6.45, 7) is 4.55. The summed E-state index contributed by atoms with van der Waals surface area (Å²) in [5, 5.41) is 0. The summed E-state index contributed by atoms with van der Waals surface area (Å²) in [6, 6.07) is 10.2. The quantitative estimate of drug-likeness (QED) is 0.762. The Morgan fingerprint density at radius 2 is 1.77 bits per heavy atom. The minimum atomic E-state index is -0.0741. The highest BCUT2D eigenvalue weighted by atomic mass is 32.2. The van der Waals surface area contributed by atoms with Crippen molar-refractivity contribution in [2.75, 3.05) is 25.4 Å². The Labute approximate surface area is 161 Å².